The number of β-amino-alcohol motifs (C(OH)–C–C–N with tert-alkyl or cyclic N) is 1. The van der Waals surface area contributed by atoms with Gasteiger partial charge in [-0.1, -0.05) is 18.7 Å². The van der Waals surface area contributed by atoms with Gasteiger partial charge in [-0.05, 0) is 36.8 Å². The van der Waals surface area contributed by atoms with E-state index in [1.165, 1.54) is 6.08 Å². The van der Waals surface area contributed by atoms with Crippen LogP contribution in [0.25, 0.3) is 22.6 Å². The number of hydrogen-bond donors (Lipinski definition) is 3. The highest BCUT2D eigenvalue weighted by Crippen LogP contribution is 2.39. The van der Waals surface area contributed by atoms with Gasteiger partial charge in [0, 0.05) is 32.4 Å². The molecule has 36 heavy (non-hydrogen) atoms. The van der Waals surface area contributed by atoms with Crippen molar-refractivity contribution in [2.45, 2.75) is 12.5 Å². The van der Waals surface area contributed by atoms with E-state index in [1.54, 1.807) is 25.4 Å². The van der Waals surface area contributed by atoms with Crippen molar-refractivity contribution < 1.29 is 14.6 Å². The molecule has 1 atom stereocenters. The van der Waals surface area contributed by atoms with Gasteiger partial charge in [0.15, 0.2) is 5.82 Å². The van der Waals surface area contributed by atoms with Gasteiger partial charge in [0.1, 0.15) is 11.4 Å². The second kappa shape index (κ2) is 9.67. The summed E-state index contributed by atoms with van der Waals surface area (Å²) in [5.74, 6) is 1.27. The normalized spacial score (nSPS) is 15.2. The topological polar surface area (TPSA) is 117 Å². The Bertz CT molecular complexity index is 1450. The van der Waals surface area contributed by atoms with Gasteiger partial charge >= 0.3 is 0 Å². The van der Waals surface area contributed by atoms with Crippen LogP contribution in [-0.4, -0.2) is 56.8 Å². The molecule has 0 spiro atoms. The molecule has 0 bridgehead atoms. The Morgan fingerprint density at radius 2 is 2.06 bits per heavy atom. The highest BCUT2D eigenvalue weighted by atomic mass is 16.5. The average molecular weight is 486 g/mol. The van der Waals surface area contributed by atoms with Gasteiger partial charge in [0.05, 0.1) is 41.3 Å². The van der Waals surface area contributed by atoms with Crippen LogP contribution in [0.1, 0.15) is 6.42 Å². The predicted molar refractivity (Wildman–Crippen MR) is 140 cm³/mol. The van der Waals surface area contributed by atoms with Gasteiger partial charge in [0.25, 0.3) is 0 Å². The molecule has 0 radical (unpaired) electrons. The van der Waals surface area contributed by atoms with Crippen molar-refractivity contribution in [2.75, 3.05) is 35.7 Å². The first-order chi connectivity index (χ1) is 17.5. The maximum atomic E-state index is 12.2. The standard InChI is InChI=1S/C26H27N7O3/c1-4-24(35)28-19-13-20(23(36-3)14-22(19)33-12-10-16(34)15-33)31-26-27-11-9-18(30-26)25-29-17-7-5-6-8-21(17)32(25)2/h4-9,11,13-14,16,34H,1,10,12,15H2,2-3H3,(H,28,35)(H,27,30,31)/t16-/m1/s1. The van der Waals surface area contributed by atoms with Crippen LogP contribution >= 0.6 is 0 Å². The smallest absolute Gasteiger partial charge is 0.247 e. The molecule has 1 aliphatic rings. The summed E-state index contributed by atoms with van der Waals surface area (Å²) in [4.78, 5) is 27.9. The lowest BCUT2D eigenvalue weighted by Gasteiger charge is -2.24. The number of methoxy groups -OCH3 is 1. The number of ether oxygens (including phenoxy) is 1. The summed E-state index contributed by atoms with van der Waals surface area (Å²) in [5.41, 5.74) is 4.43. The molecule has 1 amide bonds. The fourth-order valence-corrected chi connectivity index (χ4v) is 4.38. The third-order valence-electron chi connectivity index (χ3n) is 6.18. The van der Waals surface area contributed by atoms with Gasteiger partial charge < -0.3 is 29.9 Å². The van der Waals surface area contributed by atoms with E-state index in [-0.39, 0.29) is 5.91 Å². The summed E-state index contributed by atoms with van der Waals surface area (Å²) in [6.45, 7) is 4.68. The number of para-hydroxylation sites is 2. The minimum absolute atomic E-state index is 0.341. The lowest BCUT2D eigenvalue weighted by Crippen LogP contribution is -2.23. The molecule has 10 nitrogen and oxygen atoms in total. The Hall–Kier alpha value is -4.44. The van der Waals surface area contributed by atoms with Crippen LogP contribution in [0.4, 0.5) is 23.0 Å². The van der Waals surface area contributed by atoms with Crippen molar-refractivity contribution in [3.8, 4) is 17.3 Å². The molecular formula is C26H27N7O3. The van der Waals surface area contributed by atoms with Gasteiger partial charge in [-0.2, -0.15) is 0 Å². The second-order valence-electron chi connectivity index (χ2n) is 8.53. The van der Waals surface area contributed by atoms with Crippen LogP contribution in [0.15, 0.2) is 61.3 Å². The number of aliphatic hydroxyl groups excluding tert-OH is 1. The molecule has 1 saturated heterocycles. The van der Waals surface area contributed by atoms with Gasteiger partial charge in [-0.25, -0.2) is 15.0 Å². The zero-order valence-electron chi connectivity index (χ0n) is 20.1. The number of carbonyl (C=O) groups is 1. The zero-order valence-corrected chi connectivity index (χ0v) is 20.1. The van der Waals surface area contributed by atoms with Gasteiger partial charge in [-0.15, -0.1) is 0 Å². The predicted octanol–water partition coefficient (Wildman–Crippen LogP) is 3.48. The van der Waals surface area contributed by atoms with Crippen molar-refractivity contribution in [3.63, 3.8) is 0 Å². The van der Waals surface area contributed by atoms with E-state index < -0.39 is 6.10 Å². The molecule has 184 valence electrons. The number of aryl methyl sites for hydroxylation is 1. The molecule has 2 aromatic heterocycles. The molecule has 5 rings (SSSR count). The number of aliphatic hydroxyl groups is 1. The SMILES string of the molecule is C=CC(=O)Nc1cc(Nc2nccc(-c3nc4ccccc4n3C)n2)c(OC)cc1N1CC[C@@H](O)C1. The number of carbonyl (C=O) groups excluding carboxylic acids is 1. The molecule has 1 aliphatic heterocycles. The van der Waals surface area contributed by atoms with E-state index in [9.17, 15) is 9.90 Å². The van der Waals surface area contributed by atoms with Crippen LogP contribution in [0.3, 0.4) is 0 Å². The Kier molecular flexibility index (Phi) is 6.26. The van der Waals surface area contributed by atoms with Crippen LogP contribution in [0.5, 0.6) is 5.75 Å². The third-order valence-corrected chi connectivity index (χ3v) is 6.18. The summed E-state index contributed by atoms with van der Waals surface area (Å²) < 4.78 is 7.64. The number of hydrogen-bond acceptors (Lipinski definition) is 8. The minimum Gasteiger partial charge on any atom is -0.494 e. The Labute approximate surface area is 208 Å². The molecule has 3 heterocycles. The molecule has 0 saturated carbocycles. The molecule has 10 heteroatoms. The maximum absolute atomic E-state index is 12.2. The molecule has 0 aliphatic carbocycles. The summed E-state index contributed by atoms with van der Waals surface area (Å²) in [7, 11) is 3.52. The number of nitrogens with zero attached hydrogens (tertiary/aromatic N) is 5. The van der Waals surface area contributed by atoms with E-state index in [0.717, 1.165) is 22.5 Å². The average Bonchev–Trinajstić information content (AvgIpc) is 3.47. The lowest BCUT2D eigenvalue weighted by atomic mass is 10.2. The Morgan fingerprint density at radius 3 is 2.78 bits per heavy atom. The van der Waals surface area contributed by atoms with E-state index in [0.29, 0.717) is 48.3 Å². The van der Waals surface area contributed by atoms with Crippen molar-refractivity contribution in [2.24, 2.45) is 7.05 Å². The van der Waals surface area contributed by atoms with Gasteiger partial charge in [0.2, 0.25) is 11.9 Å². The van der Waals surface area contributed by atoms with Crippen LogP contribution in [0.2, 0.25) is 0 Å². The third kappa shape index (κ3) is 4.46. The number of fused-ring (bicyclic) bond motifs is 1. The fraction of sp³-hybridized carbons (Fsp3) is 0.231. The number of aromatic nitrogens is 4. The summed E-state index contributed by atoms with van der Waals surface area (Å²) in [5, 5.41) is 16.1. The second-order valence-corrected chi connectivity index (χ2v) is 8.53. The number of imidazole rings is 1. The van der Waals surface area contributed by atoms with Crippen molar-refractivity contribution in [1.29, 1.82) is 0 Å². The van der Waals surface area contributed by atoms with Crippen molar-refractivity contribution in [3.05, 3.63) is 61.3 Å². The van der Waals surface area contributed by atoms with Crippen molar-refractivity contribution >= 4 is 40.0 Å². The van der Waals surface area contributed by atoms with E-state index in [1.807, 2.05) is 46.8 Å². The highest BCUT2D eigenvalue weighted by Gasteiger charge is 2.25. The quantitative estimate of drug-likeness (QED) is 0.341. The van der Waals surface area contributed by atoms with Gasteiger partial charge in [-0.3, -0.25) is 4.79 Å². The zero-order chi connectivity index (χ0) is 25.2. The molecule has 2 aromatic carbocycles. The van der Waals surface area contributed by atoms with Crippen molar-refractivity contribution in [1.82, 2.24) is 19.5 Å². The maximum Gasteiger partial charge on any atom is 0.247 e. The fourth-order valence-electron chi connectivity index (χ4n) is 4.38. The molecule has 3 N–H and O–H groups in total. The minimum atomic E-state index is -0.421. The largest absolute Gasteiger partial charge is 0.494 e. The number of rotatable bonds is 7. The Balaban J connectivity index is 1.51. The Morgan fingerprint density at radius 1 is 1.22 bits per heavy atom. The molecular weight excluding hydrogens is 458 g/mol. The number of anilines is 4. The number of nitrogens with one attached hydrogen (secondary N) is 2. The van der Waals surface area contributed by atoms with Crippen LogP contribution in [0, 0.1) is 0 Å². The molecule has 1 fully saturated rings. The first kappa shape index (κ1) is 23.3. The lowest BCUT2D eigenvalue weighted by molar-refractivity contribution is -0.111. The monoisotopic (exact) mass is 485 g/mol. The molecule has 0 unspecified atom stereocenters. The van der Waals surface area contributed by atoms with Crippen LogP contribution in [-0.2, 0) is 11.8 Å². The number of benzene rings is 2. The first-order valence-corrected chi connectivity index (χ1v) is 11.6. The molecule has 4 aromatic rings. The van der Waals surface area contributed by atoms with Crippen LogP contribution < -0.4 is 20.3 Å². The summed E-state index contributed by atoms with van der Waals surface area (Å²) >= 11 is 0. The van der Waals surface area contributed by atoms with E-state index >= 15 is 0 Å². The van der Waals surface area contributed by atoms with E-state index in [2.05, 4.69) is 27.2 Å². The first-order valence-electron chi connectivity index (χ1n) is 11.6. The highest BCUT2D eigenvalue weighted by molar-refractivity contribution is 6.02. The number of amides is 1. The summed E-state index contributed by atoms with van der Waals surface area (Å²) in [6, 6.07) is 13.3. The van der Waals surface area contributed by atoms with E-state index in [4.69, 9.17) is 9.72 Å². The summed E-state index contributed by atoms with van der Waals surface area (Å²) in [6.07, 6.45) is 3.11.